The van der Waals surface area contributed by atoms with E-state index in [1.807, 2.05) is 6.92 Å². The van der Waals surface area contributed by atoms with Gasteiger partial charge >= 0.3 is 6.09 Å². The van der Waals surface area contributed by atoms with Crippen LogP contribution in [-0.2, 0) is 0 Å². The molecule has 1 aromatic carbocycles. The fraction of sp³-hybridized carbons (Fsp3) is 0.429. The zero-order valence-electron chi connectivity index (χ0n) is 11.3. The molecule has 0 saturated carbocycles. The van der Waals surface area contributed by atoms with Gasteiger partial charge in [-0.3, -0.25) is 0 Å². The Labute approximate surface area is 119 Å². The van der Waals surface area contributed by atoms with Crippen LogP contribution >= 0.6 is 0 Å². The maximum atomic E-state index is 13.6. The lowest BCUT2D eigenvalue weighted by atomic mass is 9.94. The number of hydrogen-bond acceptors (Lipinski definition) is 3. The van der Waals surface area contributed by atoms with Gasteiger partial charge in [0.05, 0.1) is 5.92 Å². The first kappa shape index (κ1) is 13.8. The van der Waals surface area contributed by atoms with E-state index in [0.717, 1.165) is 6.07 Å². The molecule has 0 radical (unpaired) electrons. The van der Waals surface area contributed by atoms with Crippen LogP contribution in [0.25, 0.3) is 11.1 Å². The van der Waals surface area contributed by atoms with Crippen molar-refractivity contribution in [3.05, 3.63) is 29.7 Å². The zero-order valence-corrected chi connectivity index (χ0v) is 11.3. The molecule has 7 heteroatoms. The van der Waals surface area contributed by atoms with Gasteiger partial charge in [-0.25, -0.2) is 14.2 Å². The van der Waals surface area contributed by atoms with Gasteiger partial charge in [-0.15, -0.1) is 0 Å². The van der Waals surface area contributed by atoms with E-state index >= 15 is 0 Å². The van der Waals surface area contributed by atoms with Crippen molar-refractivity contribution in [2.24, 2.45) is 0 Å². The van der Waals surface area contributed by atoms with E-state index in [1.165, 1.54) is 11.0 Å². The number of likely N-dealkylation sites (tertiary alicyclic amines) is 1. The van der Waals surface area contributed by atoms with Crippen molar-refractivity contribution in [1.29, 1.82) is 0 Å². The monoisotopic (exact) mass is 296 g/mol. The van der Waals surface area contributed by atoms with Gasteiger partial charge in [0.25, 0.3) is 0 Å². The van der Waals surface area contributed by atoms with E-state index in [0.29, 0.717) is 12.8 Å². The quantitative estimate of drug-likeness (QED) is 0.876. The average molecular weight is 296 g/mol. The first-order valence-corrected chi connectivity index (χ1v) is 6.71. The van der Waals surface area contributed by atoms with Gasteiger partial charge in [-0.05, 0) is 31.9 Å². The number of nitrogens with zero attached hydrogens (tertiary/aromatic N) is 2. The molecule has 1 N–H and O–H groups in total. The third-order valence-corrected chi connectivity index (χ3v) is 3.94. The van der Waals surface area contributed by atoms with Crippen LogP contribution < -0.4 is 0 Å². The molecule has 1 aliphatic heterocycles. The molecule has 0 unspecified atom stereocenters. The van der Waals surface area contributed by atoms with Crippen LogP contribution in [0.15, 0.2) is 16.5 Å². The Kier molecular flexibility index (Phi) is 3.27. The Morgan fingerprint density at radius 2 is 2.19 bits per heavy atom. The van der Waals surface area contributed by atoms with Crippen LogP contribution in [0.5, 0.6) is 0 Å². The average Bonchev–Trinajstić information content (AvgIpc) is 2.88. The summed E-state index contributed by atoms with van der Waals surface area (Å²) in [6.45, 7) is 2.08. The van der Waals surface area contributed by atoms with E-state index in [4.69, 9.17) is 9.52 Å². The van der Waals surface area contributed by atoms with E-state index in [2.05, 4.69) is 4.98 Å². The molecule has 3 rings (SSSR count). The van der Waals surface area contributed by atoms with E-state index in [9.17, 15) is 13.6 Å². The molecule has 0 spiro atoms. The highest BCUT2D eigenvalue weighted by Crippen LogP contribution is 2.32. The Bertz CT molecular complexity index is 701. The standard InChI is InChI=1S/C14H14F2N2O3/c1-7-2-3-8(6-18(7)14(19)20)13-17-10-5-4-9(15)11(16)12(10)21-13/h4-5,7-8H,2-3,6H2,1H3,(H,19,20)/t7-,8-/m1/s1. The minimum Gasteiger partial charge on any atom is -0.465 e. The molecule has 0 aliphatic carbocycles. The molecule has 1 saturated heterocycles. The van der Waals surface area contributed by atoms with E-state index in [1.54, 1.807) is 0 Å². The maximum absolute atomic E-state index is 13.6. The van der Waals surface area contributed by atoms with Gasteiger partial charge in [-0.1, -0.05) is 0 Å². The lowest BCUT2D eigenvalue weighted by Crippen LogP contribution is -2.44. The number of benzene rings is 1. The van der Waals surface area contributed by atoms with Gasteiger partial charge in [0.1, 0.15) is 5.52 Å². The van der Waals surface area contributed by atoms with Crippen molar-refractivity contribution in [2.75, 3.05) is 6.54 Å². The van der Waals surface area contributed by atoms with Crippen LogP contribution in [0, 0.1) is 11.6 Å². The summed E-state index contributed by atoms with van der Waals surface area (Å²) in [5, 5.41) is 9.16. The third kappa shape index (κ3) is 2.32. The van der Waals surface area contributed by atoms with Crippen LogP contribution in [0.3, 0.4) is 0 Å². The summed E-state index contributed by atoms with van der Waals surface area (Å²) in [4.78, 5) is 16.7. The lowest BCUT2D eigenvalue weighted by Gasteiger charge is -2.34. The summed E-state index contributed by atoms with van der Waals surface area (Å²) >= 11 is 0. The van der Waals surface area contributed by atoms with Gasteiger partial charge < -0.3 is 14.4 Å². The topological polar surface area (TPSA) is 66.6 Å². The molecule has 5 nitrogen and oxygen atoms in total. The van der Waals surface area contributed by atoms with E-state index < -0.39 is 17.7 Å². The first-order valence-electron chi connectivity index (χ1n) is 6.71. The minimum atomic E-state index is -1.06. The van der Waals surface area contributed by atoms with Gasteiger partial charge in [0.15, 0.2) is 11.4 Å². The predicted molar refractivity (Wildman–Crippen MR) is 70.1 cm³/mol. The maximum Gasteiger partial charge on any atom is 0.407 e. The number of oxazole rings is 1. The summed E-state index contributed by atoms with van der Waals surface area (Å²) in [5.41, 5.74) is 0.0230. The van der Waals surface area contributed by atoms with Crippen molar-refractivity contribution < 1.29 is 23.1 Å². The normalized spacial score (nSPS) is 22.7. The van der Waals surface area contributed by atoms with E-state index in [-0.39, 0.29) is 35.5 Å². The third-order valence-electron chi connectivity index (χ3n) is 3.94. The largest absolute Gasteiger partial charge is 0.465 e. The molecule has 1 aromatic heterocycles. The molecule has 0 bridgehead atoms. The molecule has 1 fully saturated rings. The molecular weight excluding hydrogens is 282 g/mol. The fourth-order valence-electron chi connectivity index (χ4n) is 2.70. The summed E-state index contributed by atoms with van der Waals surface area (Å²) in [5.74, 6) is -2.04. The minimum absolute atomic E-state index is 0.0719. The van der Waals surface area contributed by atoms with Crippen molar-refractivity contribution in [1.82, 2.24) is 9.88 Å². The number of hydrogen-bond donors (Lipinski definition) is 1. The number of carbonyl (C=O) groups is 1. The van der Waals surface area contributed by atoms with Crippen LogP contribution in [0.4, 0.5) is 13.6 Å². The Morgan fingerprint density at radius 3 is 2.90 bits per heavy atom. The second kappa shape index (κ2) is 4.98. The number of rotatable bonds is 1. The SMILES string of the molecule is C[C@@H]1CC[C@@H](c2nc3ccc(F)c(F)c3o2)CN1C(=O)O. The van der Waals surface area contributed by atoms with Gasteiger partial charge in [0.2, 0.25) is 11.7 Å². The van der Waals surface area contributed by atoms with Crippen molar-refractivity contribution in [3.63, 3.8) is 0 Å². The van der Waals surface area contributed by atoms with Crippen LogP contribution in [0.2, 0.25) is 0 Å². The van der Waals surface area contributed by atoms with Gasteiger partial charge in [0, 0.05) is 12.6 Å². The summed E-state index contributed by atoms with van der Waals surface area (Å²) in [6, 6.07) is 2.27. The highest BCUT2D eigenvalue weighted by Gasteiger charge is 2.32. The molecule has 2 heterocycles. The number of carboxylic acid groups (broad SMARTS) is 1. The number of amides is 1. The Morgan fingerprint density at radius 1 is 1.43 bits per heavy atom. The van der Waals surface area contributed by atoms with Crippen LogP contribution in [-0.4, -0.2) is 33.7 Å². The van der Waals surface area contributed by atoms with Crippen LogP contribution in [0.1, 0.15) is 31.6 Å². The van der Waals surface area contributed by atoms with Crippen molar-refractivity contribution >= 4 is 17.2 Å². The smallest absolute Gasteiger partial charge is 0.407 e. The molecule has 112 valence electrons. The summed E-state index contributed by atoms with van der Waals surface area (Å²) in [6.07, 6.45) is 0.370. The summed E-state index contributed by atoms with van der Waals surface area (Å²) < 4.78 is 32.1. The summed E-state index contributed by atoms with van der Waals surface area (Å²) in [7, 11) is 0. The fourth-order valence-corrected chi connectivity index (χ4v) is 2.70. The van der Waals surface area contributed by atoms with Gasteiger partial charge in [-0.2, -0.15) is 4.39 Å². The van der Waals surface area contributed by atoms with Crippen molar-refractivity contribution in [3.8, 4) is 0 Å². The Balaban J connectivity index is 1.94. The highest BCUT2D eigenvalue weighted by molar-refractivity contribution is 5.73. The number of aromatic nitrogens is 1. The predicted octanol–water partition coefficient (Wildman–Crippen LogP) is 3.35. The zero-order chi connectivity index (χ0) is 15.1. The highest BCUT2D eigenvalue weighted by atomic mass is 19.2. The molecule has 1 amide bonds. The Hall–Kier alpha value is -2.18. The molecule has 2 atom stereocenters. The molecule has 1 aliphatic rings. The van der Waals surface area contributed by atoms with Crippen molar-refractivity contribution in [2.45, 2.75) is 31.7 Å². The number of piperidine rings is 1. The first-order chi connectivity index (χ1) is 9.97. The number of fused-ring (bicyclic) bond motifs is 1. The molecule has 2 aromatic rings. The number of halogens is 2. The molecular formula is C14H14F2N2O3. The lowest BCUT2D eigenvalue weighted by molar-refractivity contribution is 0.102. The molecule has 21 heavy (non-hydrogen) atoms. The second-order valence-corrected chi connectivity index (χ2v) is 5.32. The second-order valence-electron chi connectivity index (χ2n) is 5.32.